The van der Waals surface area contributed by atoms with Crippen LogP contribution < -0.4 is 11.3 Å². The molecule has 2 rings (SSSR count). The Hall–Kier alpha value is -0.870. The summed E-state index contributed by atoms with van der Waals surface area (Å²) in [5.41, 5.74) is 4.12. The van der Waals surface area contributed by atoms with Gasteiger partial charge in [0, 0.05) is 13.2 Å². The van der Waals surface area contributed by atoms with Crippen molar-refractivity contribution in [2.45, 2.75) is 31.7 Å². The molecule has 14 heavy (non-hydrogen) atoms. The molecule has 1 aromatic heterocycles. The topological polar surface area (TPSA) is 55.9 Å². The quantitative estimate of drug-likeness (QED) is 0.560. The number of aryl methyl sites for hydroxylation is 1. The lowest BCUT2D eigenvalue weighted by atomic mass is 9.96. The Labute approximate surface area is 84.4 Å². The molecule has 0 saturated heterocycles. The van der Waals surface area contributed by atoms with Gasteiger partial charge in [0.1, 0.15) is 0 Å². The summed E-state index contributed by atoms with van der Waals surface area (Å²) in [6.45, 7) is 0. The minimum absolute atomic E-state index is 0.269. The summed E-state index contributed by atoms with van der Waals surface area (Å²) in [5.74, 6) is 6.30. The van der Waals surface area contributed by atoms with Crippen molar-refractivity contribution in [2.75, 3.05) is 0 Å². The number of aromatic nitrogens is 2. The molecule has 1 aromatic rings. The lowest BCUT2D eigenvalue weighted by Gasteiger charge is -2.22. The Kier molecular flexibility index (Phi) is 2.84. The molecule has 0 bridgehead atoms. The van der Waals surface area contributed by atoms with Crippen molar-refractivity contribution >= 4 is 0 Å². The van der Waals surface area contributed by atoms with Crippen LogP contribution in [0.15, 0.2) is 12.3 Å². The van der Waals surface area contributed by atoms with Gasteiger partial charge in [-0.2, -0.15) is 5.10 Å². The molecule has 1 fully saturated rings. The molecule has 1 aliphatic carbocycles. The predicted molar refractivity (Wildman–Crippen MR) is 55.2 cm³/mol. The zero-order chi connectivity index (χ0) is 9.97. The summed E-state index contributed by atoms with van der Waals surface area (Å²) in [4.78, 5) is 0. The highest BCUT2D eigenvalue weighted by Crippen LogP contribution is 2.34. The molecule has 1 unspecified atom stereocenters. The van der Waals surface area contributed by atoms with E-state index >= 15 is 0 Å². The second-order valence-electron chi connectivity index (χ2n) is 4.07. The highest BCUT2D eigenvalue weighted by atomic mass is 15.3. The number of hydrogen-bond acceptors (Lipinski definition) is 3. The van der Waals surface area contributed by atoms with Crippen LogP contribution in [0, 0.1) is 5.92 Å². The van der Waals surface area contributed by atoms with Crippen LogP contribution in [0.4, 0.5) is 0 Å². The maximum absolute atomic E-state index is 5.62. The molecule has 1 saturated carbocycles. The van der Waals surface area contributed by atoms with E-state index in [1.165, 1.54) is 31.4 Å². The molecule has 4 heteroatoms. The van der Waals surface area contributed by atoms with E-state index in [1.807, 2.05) is 24.0 Å². The fraction of sp³-hybridized carbons (Fsp3) is 0.700. The van der Waals surface area contributed by atoms with Gasteiger partial charge in [-0.15, -0.1) is 0 Å². The Morgan fingerprint density at radius 2 is 2.29 bits per heavy atom. The zero-order valence-electron chi connectivity index (χ0n) is 8.61. The van der Waals surface area contributed by atoms with Crippen LogP contribution in [0.25, 0.3) is 0 Å². The summed E-state index contributed by atoms with van der Waals surface area (Å²) in [7, 11) is 1.97. The average Bonchev–Trinajstić information content (AvgIpc) is 2.80. The van der Waals surface area contributed by atoms with Gasteiger partial charge in [0.25, 0.3) is 0 Å². The molecule has 0 spiro atoms. The highest BCUT2D eigenvalue weighted by Gasteiger charge is 2.26. The van der Waals surface area contributed by atoms with Gasteiger partial charge in [-0.3, -0.25) is 16.0 Å². The minimum Gasteiger partial charge on any atom is -0.271 e. The summed E-state index contributed by atoms with van der Waals surface area (Å²) in [6.07, 6.45) is 7.05. The molecule has 1 aliphatic rings. The zero-order valence-corrected chi connectivity index (χ0v) is 8.61. The van der Waals surface area contributed by atoms with Gasteiger partial charge in [0.05, 0.1) is 11.7 Å². The van der Waals surface area contributed by atoms with E-state index in [2.05, 4.69) is 10.5 Å². The third-order valence-corrected chi connectivity index (χ3v) is 3.23. The SMILES string of the molecule is Cn1nccc1C(NN)C1CCCC1. The molecule has 0 radical (unpaired) electrons. The van der Waals surface area contributed by atoms with Gasteiger partial charge in [-0.05, 0) is 24.8 Å². The molecule has 0 aliphatic heterocycles. The monoisotopic (exact) mass is 194 g/mol. The summed E-state index contributed by atoms with van der Waals surface area (Å²) in [6, 6.07) is 2.31. The summed E-state index contributed by atoms with van der Waals surface area (Å²) >= 11 is 0. The van der Waals surface area contributed by atoms with Gasteiger partial charge >= 0.3 is 0 Å². The fourth-order valence-electron chi connectivity index (χ4n) is 2.44. The molecule has 0 amide bonds. The van der Waals surface area contributed by atoms with Gasteiger partial charge in [0.15, 0.2) is 0 Å². The lowest BCUT2D eigenvalue weighted by molar-refractivity contribution is 0.355. The van der Waals surface area contributed by atoms with Crippen LogP contribution in [-0.4, -0.2) is 9.78 Å². The molecule has 4 nitrogen and oxygen atoms in total. The number of rotatable bonds is 3. The van der Waals surface area contributed by atoms with Gasteiger partial charge < -0.3 is 0 Å². The Morgan fingerprint density at radius 1 is 1.57 bits per heavy atom. The first-order valence-electron chi connectivity index (χ1n) is 5.27. The second kappa shape index (κ2) is 4.11. The minimum atomic E-state index is 0.269. The van der Waals surface area contributed by atoms with E-state index in [0.717, 1.165) is 0 Å². The van der Waals surface area contributed by atoms with Crippen LogP contribution in [-0.2, 0) is 7.05 Å². The first-order valence-corrected chi connectivity index (χ1v) is 5.27. The van der Waals surface area contributed by atoms with Crippen LogP contribution >= 0.6 is 0 Å². The van der Waals surface area contributed by atoms with E-state index in [4.69, 9.17) is 5.84 Å². The number of nitrogens with one attached hydrogen (secondary N) is 1. The first-order chi connectivity index (χ1) is 6.83. The standard InChI is InChI=1S/C10H18N4/c1-14-9(6-7-12-14)10(13-11)8-4-2-3-5-8/h6-8,10,13H,2-5,11H2,1H3. The molecule has 3 N–H and O–H groups in total. The number of nitrogens with two attached hydrogens (primary N) is 1. The van der Waals surface area contributed by atoms with Crippen molar-refractivity contribution in [3.63, 3.8) is 0 Å². The van der Waals surface area contributed by atoms with Gasteiger partial charge in [-0.1, -0.05) is 12.8 Å². The molecular formula is C10H18N4. The molecule has 1 heterocycles. The van der Waals surface area contributed by atoms with Crippen LogP contribution in [0.1, 0.15) is 37.4 Å². The van der Waals surface area contributed by atoms with E-state index in [9.17, 15) is 0 Å². The van der Waals surface area contributed by atoms with E-state index in [1.54, 1.807) is 0 Å². The first kappa shape index (κ1) is 9.68. The predicted octanol–water partition coefficient (Wildman–Crippen LogP) is 1.11. The molecule has 0 aromatic carbocycles. The van der Waals surface area contributed by atoms with Crippen molar-refractivity contribution in [2.24, 2.45) is 18.8 Å². The smallest absolute Gasteiger partial charge is 0.0657 e. The average molecular weight is 194 g/mol. The maximum Gasteiger partial charge on any atom is 0.0657 e. The van der Waals surface area contributed by atoms with Crippen LogP contribution in [0.2, 0.25) is 0 Å². The van der Waals surface area contributed by atoms with Gasteiger partial charge in [0.2, 0.25) is 0 Å². The summed E-state index contributed by atoms with van der Waals surface area (Å²) in [5, 5.41) is 4.18. The van der Waals surface area contributed by atoms with Crippen molar-refractivity contribution in [3.8, 4) is 0 Å². The van der Waals surface area contributed by atoms with E-state index < -0.39 is 0 Å². The Morgan fingerprint density at radius 3 is 2.79 bits per heavy atom. The van der Waals surface area contributed by atoms with E-state index in [-0.39, 0.29) is 6.04 Å². The van der Waals surface area contributed by atoms with Crippen molar-refractivity contribution < 1.29 is 0 Å². The third kappa shape index (κ3) is 1.67. The Balaban J connectivity index is 2.16. The van der Waals surface area contributed by atoms with Crippen LogP contribution in [0.3, 0.4) is 0 Å². The molecule has 1 atom stereocenters. The van der Waals surface area contributed by atoms with Crippen molar-refractivity contribution in [1.82, 2.24) is 15.2 Å². The maximum atomic E-state index is 5.62. The Bertz CT molecular complexity index is 288. The highest BCUT2D eigenvalue weighted by molar-refractivity contribution is 5.08. The van der Waals surface area contributed by atoms with Crippen LogP contribution in [0.5, 0.6) is 0 Å². The molecular weight excluding hydrogens is 176 g/mol. The van der Waals surface area contributed by atoms with E-state index in [0.29, 0.717) is 5.92 Å². The normalized spacial score (nSPS) is 20.1. The van der Waals surface area contributed by atoms with Crippen molar-refractivity contribution in [3.05, 3.63) is 18.0 Å². The second-order valence-corrected chi connectivity index (χ2v) is 4.07. The third-order valence-electron chi connectivity index (χ3n) is 3.23. The molecule has 78 valence electrons. The number of hydrazine groups is 1. The summed E-state index contributed by atoms with van der Waals surface area (Å²) < 4.78 is 1.91. The number of hydrogen-bond donors (Lipinski definition) is 2. The largest absolute Gasteiger partial charge is 0.271 e. The fourth-order valence-corrected chi connectivity index (χ4v) is 2.44. The van der Waals surface area contributed by atoms with Crippen molar-refractivity contribution in [1.29, 1.82) is 0 Å². The van der Waals surface area contributed by atoms with Gasteiger partial charge in [-0.25, -0.2) is 0 Å². The lowest BCUT2D eigenvalue weighted by Crippen LogP contribution is -2.34. The number of nitrogens with zero attached hydrogens (tertiary/aromatic N) is 2.